The van der Waals surface area contributed by atoms with Gasteiger partial charge >= 0.3 is 0 Å². The molecule has 6 heteroatoms. The molecule has 2 heterocycles. The second kappa shape index (κ2) is 5.39. The molecular weight excluding hydrogens is 230 g/mol. The van der Waals surface area contributed by atoms with E-state index in [1.807, 2.05) is 0 Å². The largest absolute Gasteiger partial charge is 0.490 e. The van der Waals surface area contributed by atoms with Crippen molar-refractivity contribution < 1.29 is 4.74 Å². The fraction of sp³-hybridized carbons (Fsp3) is 0.667. The van der Waals surface area contributed by atoms with Gasteiger partial charge in [-0.1, -0.05) is 6.92 Å². The standard InChI is InChI=1S/C12H21N5O/c1-8-4-5-9(2)17(6-8)12-10(18-3)11(16-13)14-7-15-12/h7-9H,4-6,13H2,1-3H3,(H,14,15,16). The minimum atomic E-state index is 0.454. The molecular formula is C12H21N5O. The molecule has 0 spiro atoms. The maximum atomic E-state index is 5.45. The van der Waals surface area contributed by atoms with Crippen LogP contribution < -0.4 is 20.9 Å². The predicted octanol–water partition coefficient (Wildman–Crippen LogP) is 1.40. The van der Waals surface area contributed by atoms with Crippen LogP contribution in [-0.2, 0) is 0 Å². The molecule has 2 atom stereocenters. The number of nitrogens with one attached hydrogen (secondary N) is 1. The van der Waals surface area contributed by atoms with Crippen LogP contribution in [0.25, 0.3) is 0 Å². The third kappa shape index (κ3) is 2.33. The molecule has 1 fully saturated rings. The molecule has 0 radical (unpaired) electrons. The predicted molar refractivity (Wildman–Crippen MR) is 71.6 cm³/mol. The fourth-order valence-corrected chi connectivity index (χ4v) is 2.44. The molecule has 1 saturated heterocycles. The molecule has 0 amide bonds. The van der Waals surface area contributed by atoms with Crippen LogP contribution in [0.1, 0.15) is 26.7 Å². The lowest BCUT2D eigenvalue weighted by Gasteiger charge is -2.38. The summed E-state index contributed by atoms with van der Waals surface area (Å²) in [5.41, 5.74) is 2.55. The maximum Gasteiger partial charge on any atom is 0.205 e. The van der Waals surface area contributed by atoms with E-state index in [4.69, 9.17) is 10.6 Å². The summed E-state index contributed by atoms with van der Waals surface area (Å²) in [6.45, 7) is 5.45. The Morgan fingerprint density at radius 3 is 2.83 bits per heavy atom. The highest BCUT2D eigenvalue weighted by atomic mass is 16.5. The molecule has 3 N–H and O–H groups in total. The van der Waals surface area contributed by atoms with Crippen LogP contribution >= 0.6 is 0 Å². The number of hydrogen-bond acceptors (Lipinski definition) is 6. The van der Waals surface area contributed by atoms with Crippen molar-refractivity contribution in [3.8, 4) is 5.75 Å². The number of rotatable bonds is 3. The lowest BCUT2D eigenvalue weighted by molar-refractivity contribution is 0.373. The molecule has 0 saturated carbocycles. The summed E-state index contributed by atoms with van der Waals surface area (Å²) in [6, 6.07) is 0.454. The van der Waals surface area contributed by atoms with E-state index in [0.717, 1.165) is 12.4 Å². The zero-order chi connectivity index (χ0) is 13.1. The smallest absolute Gasteiger partial charge is 0.205 e. The highest BCUT2D eigenvalue weighted by molar-refractivity contribution is 5.64. The van der Waals surface area contributed by atoms with Crippen LogP contribution in [0.15, 0.2) is 6.33 Å². The summed E-state index contributed by atoms with van der Waals surface area (Å²) in [4.78, 5) is 10.7. The monoisotopic (exact) mass is 251 g/mol. The van der Waals surface area contributed by atoms with E-state index < -0.39 is 0 Å². The van der Waals surface area contributed by atoms with Crippen molar-refractivity contribution in [1.29, 1.82) is 0 Å². The van der Waals surface area contributed by atoms with E-state index in [1.54, 1.807) is 7.11 Å². The number of nitrogens with zero attached hydrogens (tertiary/aromatic N) is 3. The zero-order valence-corrected chi connectivity index (χ0v) is 11.2. The molecule has 1 aromatic rings. The second-order valence-electron chi connectivity index (χ2n) is 4.91. The number of aromatic nitrogens is 2. The Hall–Kier alpha value is -1.56. The van der Waals surface area contributed by atoms with Gasteiger partial charge < -0.3 is 15.1 Å². The fourth-order valence-electron chi connectivity index (χ4n) is 2.44. The van der Waals surface area contributed by atoms with Crippen molar-refractivity contribution in [2.24, 2.45) is 11.8 Å². The third-order valence-corrected chi connectivity index (χ3v) is 3.52. The van der Waals surface area contributed by atoms with Gasteiger partial charge in [0.05, 0.1) is 7.11 Å². The van der Waals surface area contributed by atoms with Crippen LogP contribution in [0.3, 0.4) is 0 Å². The Bertz CT molecular complexity index is 411. The van der Waals surface area contributed by atoms with Crippen molar-refractivity contribution >= 4 is 11.6 Å². The number of anilines is 2. The van der Waals surface area contributed by atoms with Crippen molar-refractivity contribution in [2.75, 3.05) is 24.0 Å². The summed E-state index contributed by atoms with van der Waals surface area (Å²) in [7, 11) is 1.61. The molecule has 1 aliphatic rings. The van der Waals surface area contributed by atoms with Gasteiger partial charge in [-0.2, -0.15) is 0 Å². The molecule has 2 rings (SSSR count). The number of hydrazine groups is 1. The van der Waals surface area contributed by atoms with Gasteiger partial charge in [0.25, 0.3) is 0 Å². The van der Waals surface area contributed by atoms with E-state index >= 15 is 0 Å². The van der Waals surface area contributed by atoms with Crippen LogP contribution in [-0.4, -0.2) is 29.7 Å². The molecule has 100 valence electrons. The zero-order valence-electron chi connectivity index (χ0n) is 11.2. The number of methoxy groups -OCH3 is 1. The number of piperidine rings is 1. The summed E-state index contributed by atoms with van der Waals surface area (Å²) in [5.74, 6) is 8.06. The Balaban J connectivity index is 2.36. The quantitative estimate of drug-likeness (QED) is 0.624. The molecule has 1 aromatic heterocycles. The maximum absolute atomic E-state index is 5.45. The topological polar surface area (TPSA) is 76.3 Å². The van der Waals surface area contributed by atoms with Crippen molar-refractivity contribution in [2.45, 2.75) is 32.7 Å². The van der Waals surface area contributed by atoms with Crippen LogP contribution in [0.2, 0.25) is 0 Å². The van der Waals surface area contributed by atoms with Gasteiger partial charge in [-0.3, -0.25) is 0 Å². The summed E-state index contributed by atoms with van der Waals surface area (Å²) in [5, 5.41) is 0. The molecule has 6 nitrogen and oxygen atoms in total. The van der Waals surface area contributed by atoms with Gasteiger partial charge in [-0.05, 0) is 25.7 Å². The highest BCUT2D eigenvalue weighted by Gasteiger charge is 2.27. The molecule has 0 bridgehead atoms. The SMILES string of the molecule is COc1c(NN)ncnc1N1CC(C)CCC1C. The number of nitrogens with two attached hydrogens (primary N) is 1. The lowest BCUT2D eigenvalue weighted by atomic mass is 9.95. The number of hydrogen-bond donors (Lipinski definition) is 2. The average Bonchev–Trinajstić information content (AvgIpc) is 2.40. The first-order chi connectivity index (χ1) is 8.67. The first-order valence-corrected chi connectivity index (χ1v) is 6.29. The second-order valence-corrected chi connectivity index (χ2v) is 4.91. The molecule has 18 heavy (non-hydrogen) atoms. The number of nitrogen functional groups attached to an aromatic ring is 1. The Labute approximate surface area is 108 Å². The normalized spacial score (nSPS) is 23.9. The highest BCUT2D eigenvalue weighted by Crippen LogP contribution is 2.35. The van der Waals surface area contributed by atoms with E-state index in [-0.39, 0.29) is 0 Å². The summed E-state index contributed by atoms with van der Waals surface area (Å²) >= 11 is 0. The first kappa shape index (κ1) is 12.9. The first-order valence-electron chi connectivity index (χ1n) is 6.29. The van der Waals surface area contributed by atoms with Gasteiger partial charge in [0.15, 0.2) is 11.6 Å². The lowest BCUT2D eigenvalue weighted by Crippen LogP contribution is -2.41. The minimum Gasteiger partial charge on any atom is -0.490 e. The van der Waals surface area contributed by atoms with Gasteiger partial charge in [0.1, 0.15) is 6.33 Å². The number of ether oxygens (including phenoxy) is 1. The van der Waals surface area contributed by atoms with Crippen molar-refractivity contribution in [1.82, 2.24) is 9.97 Å². The molecule has 0 aromatic carbocycles. The molecule has 1 aliphatic heterocycles. The van der Waals surface area contributed by atoms with Crippen LogP contribution in [0, 0.1) is 5.92 Å². The van der Waals surface area contributed by atoms with E-state index in [0.29, 0.717) is 23.5 Å². The third-order valence-electron chi connectivity index (χ3n) is 3.52. The van der Waals surface area contributed by atoms with Crippen LogP contribution in [0.4, 0.5) is 11.6 Å². The van der Waals surface area contributed by atoms with Gasteiger partial charge in [0.2, 0.25) is 5.75 Å². The van der Waals surface area contributed by atoms with Crippen molar-refractivity contribution in [3.05, 3.63) is 6.33 Å². The average molecular weight is 251 g/mol. The Kier molecular flexibility index (Phi) is 3.86. The van der Waals surface area contributed by atoms with E-state index in [2.05, 4.69) is 34.1 Å². The van der Waals surface area contributed by atoms with E-state index in [9.17, 15) is 0 Å². The van der Waals surface area contributed by atoms with Crippen LogP contribution in [0.5, 0.6) is 5.75 Å². The van der Waals surface area contributed by atoms with Gasteiger partial charge in [-0.25, -0.2) is 15.8 Å². The van der Waals surface area contributed by atoms with Gasteiger partial charge in [0, 0.05) is 12.6 Å². The minimum absolute atomic E-state index is 0.454. The Morgan fingerprint density at radius 1 is 1.39 bits per heavy atom. The summed E-state index contributed by atoms with van der Waals surface area (Å²) in [6.07, 6.45) is 3.94. The molecule has 2 unspecified atom stereocenters. The van der Waals surface area contributed by atoms with Crippen molar-refractivity contribution in [3.63, 3.8) is 0 Å². The van der Waals surface area contributed by atoms with E-state index in [1.165, 1.54) is 19.2 Å². The van der Waals surface area contributed by atoms with Gasteiger partial charge in [-0.15, -0.1) is 0 Å². The summed E-state index contributed by atoms with van der Waals surface area (Å²) < 4.78 is 5.39. The molecule has 0 aliphatic carbocycles. The Morgan fingerprint density at radius 2 is 2.17 bits per heavy atom.